The minimum absolute atomic E-state index is 0.0290. The molecule has 1 saturated carbocycles. The second-order valence-electron chi connectivity index (χ2n) is 9.39. The van der Waals surface area contributed by atoms with E-state index in [4.69, 9.17) is 9.73 Å². The molecule has 0 bridgehead atoms. The predicted molar refractivity (Wildman–Crippen MR) is 145 cm³/mol. The number of hydrogen-bond donors (Lipinski definition) is 3. The van der Waals surface area contributed by atoms with Crippen molar-refractivity contribution in [1.82, 2.24) is 10.6 Å². The first-order valence-corrected chi connectivity index (χ1v) is 13.0. The molecule has 0 saturated heterocycles. The summed E-state index contributed by atoms with van der Waals surface area (Å²) in [5.74, 6) is -0.421. The number of aliphatic imine (C=N–C) groups is 2. The van der Waals surface area contributed by atoms with E-state index in [9.17, 15) is 31.1 Å². The zero-order valence-electron chi connectivity index (χ0n) is 22.7. The number of ether oxygens (including phenoxy) is 3. The summed E-state index contributed by atoms with van der Waals surface area (Å²) < 4.78 is 87.2. The van der Waals surface area contributed by atoms with Gasteiger partial charge in [0, 0.05) is 24.6 Å². The Morgan fingerprint density at radius 1 is 1.07 bits per heavy atom. The molecule has 2 aliphatic rings. The number of nitrogens with one attached hydrogen (secondary N) is 3. The maximum absolute atomic E-state index is 12.5. The summed E-state index contributed by atoms with van der Waals surface area (Å²) >= 11 is 0. The lowest BCUT2D eigenvalue weighted by Crippen LogP contribution is -2.38. The van der Waals surface area contributed by atoms with Gasteiger partial charge in [0.1, 0.15) is 29.5 Å². The van der Waals surface area contributed by atoms with E-state index in [1.807, 2.05) is 0 Å². The molecule has 1 heterocycles. The highest BCUT2D eigenvalue weighted by atomic mass is 19.4. The molecule has 1 aliphatic carbocycles. The molecule has 4 rings (SSSR count). The molecule has 230 valence electrons. The minimum Gasteiger partial charge on any atom is -0.465 e. The van der Waals surface area contributed by atoms with Gasteiger partial charge in [0.15, 0.2) is 0 Å². The molecule has 15 heteroatoms. The third-order valence-electron chi connectivity index (χ3n) is 6.13. The van der Waals surface area contributed by atoms with Crippen LogP contribution in [0.4, 0.5) is 32.0 Å². The standard InChI is InChI=1S/C28H27F6N5O4/c1-2-41-24(40)17-35-23-15-19-16-26(19,36-14-4-3-5-18-6-10-21(11-7-18)42-27(29,30)31)39-25(38-23)37-20-8-12-22(13-9-20)43-28(32,33)34/h4-13,19,36H,2,14-17H2,1H3,(H2,35,37,38,39). The van der Waals surface area contributed by atoms with Crippen LogP contribution in [0.25, 0.3) is 6.08 Å². The largest absolute Gasteiger partial charge is 0.573 e. The van der Waals surface area contributed by atoms with Crippen LogP contribution in [-0.4, -0.2) is 55.8 Å². The average molecular weight is 612 g/mol. The van der Waals surface area contributed by atoms with Gasteiger partial charge in [-0.2, -0.15) is 0 Å². The van der Waals surface area contributed by atoms with Crippen molar-refractivity contribution in [2.24, 2.45) is 15.9 Å². The van der Waals surface area contributed by atoms with Crippen molar-refractivity contribution in [2.45, 2.75) is 38.2 Å². The predicted octanol–water partition coefficient (Wildman–Crippen LogP) is 5.38. The van der Waals surface area contributed by atoms with Gasteiger partial charge >= 0.3 is 18.7 Å². The van der Waals surface area contributed by atoms with Crippen molar-refractivity contribution in [3.8, 4) is 11.5 Å². The third kappa shape index (κ3) is 10.1. The number of nitrogens with zero attached hydrogens (tertiary/aromatic N) is 2. The lowest BCUT2D eigenvalue weighted by molar-refractivity contribution is -0.275. The Morgan fingerprint density at radius 2 is 1.70 bits per heavy atom. The van der Waals surface area contributed by atoms with E-state index in [1.165, 1.54) is 36.4 Å². The molecule has 0 aromatic heterocycles. The maximum Gasteiger partial charge on any atom is 0.573 e. The van der Waals surface area contributed by atoms with Crippen LogP contribution in [0, 0.1) is 5.92 Å². The van der Waals surface area contributed by atoms with Crippen LogP contribution in [0.1, 0.15) is 25.3 Å². The fraction of sp³-hybridized carbons (Fsp3) is 0.357. The molecule has 1 aliphatic heterocycles. The number of rotatable bonds is 10. The fourth-order valence-electron chi connectivity index (χ4n) is 4.21. The first-order chi connectivity index (χ1) is 20.3. The van der Waals surface area contributed by atoms with Crippen molar-refractivity contribution in [2.75, 3.05) is 25.0 Å². The topological polar surface area (TPSA) is 106 Å². The molecule has 0 radical (unpaired) electrons. The molecule has 0 spiro atoms. The van der Waals surface area contributed by atoms with Crippen molar-refractivity contribution in [3.05, 3.63) is 65.9 Å². The van der Waals surface area contributed by atoms with Crippen molar-refractivity contribution >= 4 is 29.5 Å². The number of anilines is 1. The zero-order chi connectivity index (χ0) is 31.1. The summed E-state index contributed by atoms with van der Waals surface area (Å²) in [6.07, 6.45) is -5.18. The fourth-order valence-corrected chi connectivity index (χ4v) is 4.21. The summed E-state index contributed by atoms with van der Waals surface area (Å²) in [4.78, 5) is 20.9. The van der Waals surface area contributed by atoms with Crippen LogP contribution in [0.15, 0.2) is 70.3 Å². The van der Waals surface area contributed by atoms with Gasteiger partial charge in [-0.1, -0.05) is 12.1 Å². The van der Waals surface area contributed by atoms with E-state index < -0.39 is 24.4 Å². The van der Waals surface area contributed by atoms with Gasteiger partial charge in [-0.3, -0.25) is 15.1 Å². The van der Waals surface area contributed by atoms with E-state index in [2.05, 4.69) is 36.1 Å². The SMILES string of the molecule is CCOC(=O)CN=C1CC2CC2(NCC=C=Cc2ccc(OC(F)(F)F)cc2)N=C(Nc2ccc(OC(F)(F)F)cc2)N1. The summed E-state index contributed by atoms with van der Waals surface area (Å²) in [7, 11) is 0. The van der Waals surface area contributed by atoms with Gasteiger partial charge in [0.05, 0.1) is 6.61 Å². The molecule has 2 atom stereocenters. The molecule has 1 fully saturated rings. The zero-order valence-corrected chi connectivity index (χ0v) is 22.7. The minimum atomic E-state index is -4.81. The number of fused-ring (bicyclic) bond motifs is 1. The molecule has 2 aromatic carbocycles. The number of hydrogen-bond acceptors (Lipinski definition) is 8. The smallest absolute Gasteiger partial charge is 0.465 e. The molecule has 2 aromatic rings. The highest BCUT2D eigenvalue weighted by Gasteiger charge is 2.56. The summed E-state index contributed by atoms with van der Waals surface area (Å²) in [6.45, 7) is 2.05. The highest BCUT2D eigenvalue weighted by Crippen LogP contribution is 2.48. The van der Waals surface area contributed by atoms with Crippen molar-refractivity contribution in [1.29, 1.82) is 0 Å². The van der Waals surface area contributed by atoms with E-state index in [0.717, 1.165) is 12.1 Å². The number of alkyl halides is 6. The number of halogens is 6. The average Bonchev–Trinajstić information content (AvgIpc) is 3.60. The van der Waals surface area contributed by atoms with Gasteiger partial charge in [-0.05, 0) is 67.5 Å². The van der Waals surface area contributed by atoms with E-state index in [1.54, 1.807) is 19.1 Å². The number of carbonyl (C=O) groups is 1. The van der Waals surface area contributed by atoms with Crippen LogP contribution < -0.4 is 25.4 Å². The molecular formula is C28H27F6N5O4. The number of guanidine groups is 1. The first-order valence-electron chi connectivity index (χ1n) is 13.0. The summed E-state index contributed by atoms with van der Waals surface area (Å²) in [6, 6.07) is 10.4. The normalized spacial score (nSPS) is 20.4. The second kappa shape index (κ2) is 13.2. The first kappa shape index (κ1) is 31.4. The number of esters is 1. The molecule has 43 heavy (non-hydrogen) atoms. The van der Waals surface area contributed by atoms with Gasteiger partial charge in [-0.25, -0.2) is 4.99 Å². The van der Waals surface area contributed by atoms with Crippen LogP contribution in [-0.2, 0) is 9.53 Å². The molecule has 0 amide bonds. The molecule has 9 nitrogen and oxygen atoms in total. The Bertz CT molecular complexity index is 1400. The van der Waals surface area contributed by atoms with Gasteiger partial charge in [0.25, 0.3) is 0 Å². The second-order valence-corrected chi connectivity index (χ2v) is 9.39. The Hall–Kier alpha value is -4.49. The number of carbonyl (C=O) groups excluding carboxylic acids is 1. The van der Waals surface area contributed by atoms with E-state index in [0.29, 0.717) is 36.5 Å². The van der Waals surface area contributed by atoms with E-state index >= 15 is 0 Å². The van der Waals surface area contributed by atoms with Crippen molar-refractivity contribution < 1.29 is 45.3 Å². The Kier molecular flexibility index (Phi) is 9.66. The molecule has 2 unspecified atom stereocenters. The van der Waals surface area contributed by atoms with Gasteiger partial charge in [0.2, 0.25) is 5.96 Å². The van der Waals surface area contributed by atoms with Gasteiger partial charge in [-0.15, -0.1) is 32.1 Å². The maximum atomic E-state index is 12.5. The molecule has 3 N–H and O–H groups in total. The van der Waals surface area contributed by atoms with Crippen LogP contribution in [0.3, 0.4) is 0 Å². The highest BCUT2D eigenvalue weighted by molar-refractivity contribution is 6.07. The molecular weight excluding hydrogens is 584 g/mol. The van der Waals surface area contributed by atoms with Crippen LogP contribution in [0.5, 0.6) is 11.5 Å². The quantitative estimate of drug-likeness (QED) is 0.188. The number of amidine groups is 1. The van der Waals surface area contributed by atoms with Crippen LogP contribution >= 0.6 is 0 Å². The lowest BCUT2D eigenvalue weighted by atomic mass is 10.2. The lowest BCUT2D eigenvalue weighted by Gasteiger charge is -2.16. The monoisotopic (exact) mass is 611 g/mol. The van der Waals surface area contributed by atoms with Crippen LogP contribution in [0.2, 0.25) is 0 Å². The van der Waals surface area contributed by atoms with Crippen molar-refractivity contribution in [3.63, 3.8) is 0 Å². The Labute approximate surface area is 242 Å². The number of benzene rings is 2. The summed E-state index contributed by atoms with van der Waals surface area (Å²) in [5, 5.41) is 9.44. The van der Waals surface area contributed by atoms with E-state index in [-0.39, 0.29) is 36.5 Å². The third-order valence-corrected chi connectivity index (χ3v) is 6.13. The Morgan fingerprint density at radius 3 is 2.30 bits per heavy atom. The van der Waals surface area contributed by atoms with Gasteiger partial charge < -0.3 is 24.8 Å². The Balaban J connectivity index is 1.44. The summed E-state index contributed by atoms with van der Waals surface area (Å²) in [5.41, 5.74) is 3.32.